The Morgan fingerprint density at radius 2 is 0.739 bits per heavy atom. The Morgan fingerprint density at radius 1 is 0.446 bits per heavy atom. The van der Waals surface area contributed by atoms with Crippen LogP contribution in [0.4, 0.5) is 11.4 Å². The number of anilines is 2. The van der Waals surface area contributed by atoms with Crippen LogP contribution in [0.25, 0.3) is 0 Å². The van der Waals surface area contributed by atoms with Crippen LogP contribution in [0.2, 0.25) is 0 Å². The van der Waals surface area contributed by atoms with Gasteiger partial charge in [-0.05, 0) is 125 Å². The van der Waals surface area contributed by atoms with E-state index in [1.807, 2.05) is 79.8 Å². The molecule has 0 atom stereocenters. The van der Waals surface area contributed by atoms with Crippen molar-refractivity contribution in [2.75, 3.05) is 23.9 Å². The number of rotatable bonds is 10. The molecule has 2 amide bonds. The first-order valence-corrected chi connectivity index (χ1v) is 38.8. The fourth-order valence-electron chi connectivity index (χ4n) is 8.53. The molecule has 0 fully saturated rings. The molecule has 470 valence electrons. The van der Waals surface area contributed by atoms with E-state index in [2.05, 4.69) is 255 Å². The molecule has 0 bridgehead atoms. The third kappa shape index (κ3) is 23.3. The zero-order valence-corrected chi connectivity index (χ0v) is 60.5. The van der Waals surface area contributed by atoms with Crippen molar-refractivity contribution in [1.29, 1.82) is 0 Å². The Morgan fingerprint density at radius 3 is 1.01 bits per heavy atom. The fourth-order valence-corrected chi connectivity index (χ4v) is 13.5. The molecule has 0 N–H and O–H groups in total. The largest absolute Gasteiger partial charge is 0.0622 e. The summed E-state index contributed by atoms with van der Waals surface area (Å²) in [5.41, 5.74) is 4.35. The summed E-state index contributed by atoms with van der Waals surface area (Å²) in [5, 5.41) is 8.39. The van der Waals surface area contributed by atoms with Crippen LogP contribution in [-0.4, -0.2) is 55.0 Å². The van der Waals surface area contributed by atoms with Gasteiger partial charge in [0.15, 0.2) is 9.66 Å². The zero-order valence-electron chi connectivity index (χ0n) is 50.4. The molecule has 4 aromatic heterocycles. The molecule has 12 rings (SSSR count). The molecule has 12 aromatic rings. The molecule has 18 heteroatoms. The van der Waals surface area contributed by atoms with Crippen LogP contribution >= 0.6 is 77.8 Å². The van der Waals surface area contributed by atoms with Crippen molar-refractivity contribution in [3.8, 4) is 24.2 Å². The van der Waals surface area contributed by atoms with Gasteiger partial charge in [-0.1, -0.05) is 230 Å². The van der Waals surface area contributed by atoms with Gasteiger partial charge in [-0.3, -0.25) is 19.6 Å². The smallest absolute Gasteiger partial charge is 0.0134 e. The Labute approximate surface area is 592 Å². The van der Waals surface area contributed by atoms with E-state index in [9.17, 15) is 9.59 Å². The number of nitrogens with zero attached hydrogens (tertiary/aromatic N) is 8. The molecular weight excluding hydrogens is 1590 g/mol. The second-order valence-corrected chi connectivity index (χ2v) is 26.8. The van der Waals surface area contributed by atoms with Crippen LogP contribution in [0.1, 0.15) is 37.9 Å². The maximum atomic E-state index is 12.6. The summed E-state index contributed by atoms with van der Waals surface area (Å²) < 4.78 is 4.24. The molecule has 0 aliphatic rings. The van der Waals surface area contributed by atoms with Crippen molar-refractivity contribution in [1.82, 2.24) is 29.1 Å². The van der Waals surface area contributed by atoms with Crippen molar-refractivity contribution >= 4 is 133 Å². The minimum absolute atomic E-state index is 0.101. The third-order valence-corrected chi connectivity index (χ3v) is 19.0. The van der Waals surface area contributed by atoms with Gasteiger partial charge >= 0.3 is 68.1 Å². The van der Waals surface area contributed by atoms with Crippen molar-refractivity contribution in [3.05, 3.63) is 336 Å². The second kappa shape index (κ2) is 42.0. The maximum Gasteiger partial charge on any atom is -0.0134 e. The van der Waals surface area contributed by atoms with Gasteiger partial charge in [-0.2, -0.15) is 0 Å². The van der Waals surface area contributed by atoms with E-state index in [0.29, 0.717) is 17.2 Å². The Kier molecular flexibility index (Phi) is 33.6. The van der Waals surface area contributed by atoms with E-state index in [1.165, 1.54) is 31.8 Å². The molecule has 0 spiro atoms. The van der Waals surface area contributed by atoms with E-state index < -0.39 is 15.8 Å². The number of hydrogen-bond acceptors (Lipinski definition) is 6. The van der Waals surface area contributed by atoms with Crippen LogP contribution in [0.3, 0.4) is 0 Å². The number of benzene rings is 8. The average molecular weight is 1650 g/mol. The molecule has 10 nitrogen and oxygen atoms in total. The predicted molar refractivity (Wildman–Crippen MR) is 396 cm³/mol. The summed E-state index contributed by atoms with van der Waals surface area (Å²) in [4.78, 5) is 44.3. The van der Waals surface area contributed by atoms with Gasteiger partial charge in [0.25, 0.3) is 11.8 Å². The summed E-state index contributed by atoms with van der Waals surface area (Å²) in [7, 11) is 15.8. The van der Waals surface area contributed by atoms with Crippen LogP contribution in [0.5, 0.6) is 0 Å². The normalized spacial score (nSPS) is 9.86. The van der Waals surface area contributed by atoms with Crippen molar-refractivity contribution in [3.63, 3.8) is 0 Å². The van der Waals surface area contributed by atoms with E-state index in [1.54, 1.807) is 110 Å². The minimum Gasteiger partial charge on any atom is -0.0622 e. The van der Waals surface area contributed by atoms with E-state index in [0.717, 1.165) is 26.3 Å². The summed E-state index contributed by atoms with van der Waals surface area (Å²) in [5.74, 6) is 8.86. The monoisotopic (exact) mass is 1650 g/mol. The van der Waals surface area contributed by atoms with Gasteiger partial charge in [0.1, 0.15) is 11.4 Å². The molecular formula is C74H63Cl2CuI2N8O2P2Pd. The van der Waals surface area contributed by atoms with E-state index in [-0.39, 0.29) is 27.8 Å². The first kappa shape index (κ1) is 73.7. The van der Waals surface area contributed by atoms with Crippen LogP contribution < -0.4 is 41.6 Å². The number of terminal acetylenes is 1. The standard InChI is InChI=1S/C19H16N4O.2C18H15P.C11H11IN4O.C8H6.2ClH.Cu.HI.Pd/c1-22(16-9-6-12-20-13-16)19(24)17-14-21-18(23(17)2)11-10-15-7-4-3-5-8-15;2*1-4-10-16(11-5-1)19(17-12-6-2-7-13-17)18-14-8-3-9-15-18;1-15(8-4-3-5-13-6-8)10(17)9-7-14-11(12)16(9)2;1-2-8-6-4-3-5-7-8;;;;;/h3-9,12-14H,1-2H3;2*1-15H;3-7H,1-2H3;1,3-7H;2*1H;;1H;/q;;;;;;;+1;;+2/p-3. The second-order valence-electron chi connectivity index (χ2n) is 19.0. The fraction of sp³-hybridized carbons (Fsp3) is 0.0541. The van der Waals surface area contributed by atoms with E-state index >= 15 is 0 Å². The summed E-state index contributed by atoms with van der Waals surface area (Å²) in [6.07, 6.45) is 14.9. The van der Waals surface area contributed by atoms with E-state index in [4.69, 9.17) is 25.5 Å². The van der Waals surface area contributed by atoms with Crippen molar-refractivity contribution in [2.24, 2.45) is 14.1 Å². The number of amides is 2. The maximum absolute atomic E-state index is 12.6. The van der Waals surface area contributed by atoms with Gasteiger partial charge < -0.3 is 18.9 Å². The predicted octanol–water partition coefficient (Wildman–Crippen LogP) is 15.0. The quantitative estimate of drug-likeness (QED) is 0.0585. The molecule has 0 saturated heterocycles. The number of carbonyl (C=O) groups excluding carboxylic acids is 2. The molecule has 4 heterocycles. The van der Waals surface area contributed by atoms with Gasteiger partial charge in [0.2, 0.25) is 0 Å². The van der Waals surface area contributed by atoms with Crippen LogP contribution in [-0.2, 0) is 42.8 Å². The number of pyridine rings is 2. The van der Waals surface area contributed by atoms with Gasteiger partial charge in [0, 0.05) is 51.7 Å². The third-order valence-electron chi connectivity index (χ3n) is 13.2. The Balaban J connectivity index is 0.000000184. The Bertz CT molecular complexity index is 3850. The van der Waals surface area contributed by atoms with Crippen LogP contribution in [0.15, 0.2) is 304 Å². The first-order valence-electron chi connectivity index (χ1n) is 28.0. The van der Waals surface area contributed by atoms with Gasteiger partial charge in [0.05, 0.1) is 36.2 Å². The van der Waals surface area contributed by atoms with Gasteiger partial charge in [-0.25, -0.2) is 9.97 Å². The number of halogens is 4. The SMILES string of the molecule is C#Cc1ccccc1.CN(C(=O)c1cnc(C#Cc2ccccc2)n1C)c1cccnc1.CN(C(=O)c1cnc(I)n1C)c1cccnc1.[Cl][Pd][Cl].[Cu][I].c1ccc(P(c2ccccc2)c2ccccc2)cc1.c1ccc(P(c2ccccc2)c2ccccc2)cc1. The summed E-state index contributed by atoms with van der Waals surface area (Å²) >= 11 is 7.85. The number of hydrogen-bond donors (Lipinski definition) is 0. The number of aromatic nitrogens is 6. The molecule has 0 aliphatic heterocycles. The average Bonchev–Trinajstić information content (AvgIpc) is 3.30. The topological polar surface area (TPSA) is 102 Å². The summed E-state index contributed by atoms with van der Waals surface area (Å²) in [6, 6.07) is 91.2. The molecule has 0 radical (unpaired) electrons. The zero-order chi connectivity index (χ0) is 65.7. The minimum atomic E-state index is -0.446. The summed E-state index contributed by atoms with van der Waals surface area (Å²) in [6.45, 7) is 0. The molecule has 8 aromatic carbocycles. The molecule has 0 saturated carbocycles. The van der Waals surface area contributed by atoms with Crippen molar-refractivity contribution in [2.45, 2.75) is 0 Å². The molecule has 0 aliphatic carbocycles. The first-order chi connectivity index (χ1) is 45.0. The Hall–Kier alpha value is -7.38. The molecule has 92 heavy (non-hydrogen) atoms. The number of imidazole rings is 2. The van der Waals surface area contributed by atoms with Crippen molar-refractivity contribution < 1.29 is 38.3 Å². The molecule has 0 unspecified atom stereocenters. The number of carbonyl (C=O) groups is 2. The van der Waals surface area contributed by atoms with Gasteiger partial charge in [-0.15, -0.1) is 6.42 Å². The van der Waals surface area contributed by atoms with Crippen LogP contribution in [0, 0.1) is 28.0 Å².